The molecule has 0 amide bonds. The van der Waals surface area contributed by atoms with Crippen molar-refractivity contribution >= 4 is 6.47 Å². The molecule has 0 radical (unpaired) electrons. The number of hydrogen-bond acceptors (Lipinski definition) is 10. The summed E-state index contributed by atoms with van der Waals surface area (Å²) < 4.78 is 28.7. The molecule has 4 atom stereocenters. The van der Waals surface area contributed by atoms with E-state index >= 15 is 0 Å². The van der Waals surface area contributed by atoms with E-state index < -0.39 is 29.1 Å². The van der Waals surface area contributed by atoms with Crippen molar-refractivity contribution in [3.63, 3.8) is 0 Å². The normalized spacial score (nSPS) is 17.8. The number of benzene rings is 1. The van der Waals surface area contributed by atoms with Crippen LogP contribution in [0.25, 0.3) is 0 Å². The minimum atomic E-state index is -1.04. The lowest BCUT2D eigenvalue weighted by atomic mass is 9.92. The van der Waals surface area contributed by atoms with Crippen LogP contribution in [0.5, 0.6) is 5.75 Å². The van der Waals surface area contributed by atoms with Crippen LogP contribution in [-0.2, 0) is 23.9 Å². The van der Waals surface area contributed by atoms with Gasteiger partial charge in [-0.3, -0.25) is 4.79 Å². The SMILES string of the molecule is CCCC/C=C\CC1CCCC1/C=C/C(F)COc1ccccc1.O=COCC(CO[N+](=O)[O-])OCCO[N+](=O)[O-]. The number of allylic oxidation sites excluding steroid dienone is 3. The maximum Gasteiger partial charge on any atom is 0.294 e. The van der Waals surface area contributed by atoms with Crippen LogP contribution in [0, 0.1) is 32.1 Å². The van der Waals surface area contributed by atoms with Crippen molar-refractivity contribution in [3.05, 3.63) is 74.9 Å². The third-order valence-electron chi connectivity index (χ3n) is 6.12. The molecule has 0 aliphatic heterocycles. The molecule has 0 saturated heterocycles. The Morgan fingerprint density at radius 3 is 2.46 bits per heavy atom. The minimum absolute atomic E-state index is 0.0921. The van der Waals surface area contributed by atoms with E-state index in [0.717, 1.165) is 12.2 Å². The number of hydrogen-bond donors (Lipinski definition) is 0. The van der Waals surface area contributed by atoms with Crippen LogP contribution in [0.2, 0.25) is 0 Å². The lowest BCUT2D eigenvalue weighted by Gasteiger charge is -2.14. The second kappa shape index (κ2) is 23.0. The summed E-state index contributed by atoms with van der Waals surface area (Å²) in [6.07, 6.45) is 15.1. The second-order valence-corrected chi connectivity index (χ2v) is 9.23. The zero-order valence-electron chi connectivity index (χ0n) is 23.4. The van der Waals surface area contributed by atoms with E-state index in [1.807, 2.05) is 30.3 Å². The quantitative estimate of drug-likeness (QED) is 0.0598. The average Bonchev–Trinajstić information content (AvgIpc) is 3.42. The van der Waals surface area contributed by atoms with Crippen LogP contribution in [0.3, 0.4) is 0 Å². The molecule has 0 aromatic heterocycles. The Hall–Kier alpha value is -3.74. The van der Waals surface area contributed by atoms with Crippen LogP contribution < -0.4 is 4.74 Å². The maximum atomic E-state index is 14.0. The molecule has 230 valence electrons. The largest absolute Gasteiger partial charge is 0.490 e. The van der Waals surface area contributed by atoms with Crippen LogP contribution in [-0.4, -0.2) is 62.0 Å². The molecular weight excluding hydrogens is 543 g/mol. The summed E-state index contributed by atoms with van der Waals surface area (Å²) in [5, 5.41) is 17.6. The van der Waals surface area contributed by atoms with Gasteiger partial charge in [0.15, 0.2) is 6.17 Å². The Morgan fingerprint density at radius 2 is 1.78 bits per heavy atom. The Bertz CT molecular complexity index is 903. The first-order valence-electron chi connectivity index (χ1n) is 13.7. The van der Waals surface area contributed by atoms with Gasteiger partial charge in [0, 0.05) is 0 Å². The molecule has 4 unspecified atom stereocenters. The fourth-order valence-corrected chi connectivity index (χ4v) is 4.10. The molecule has 1 aliphatic carbocycles. The molecule has 12 nitrogen and oxygen atoms in total. The van der Waals surface area contributed by atoms with E-state index in [9.17, 15) is 29.4 Å². The lowest BCUT2D eigenvalue weighted by molar-refractivity contribution is -0.760. The monoisotopic (exact) mass is 584 g/mol. The number of nitrogens with zero attached hydrogens (tertiary/aromatic N) is 2. The standard InChI is InChI=1S/C22H31FO.C6H10N2O9/c1-2-3-4-5-7-11-19-12-10-13-20(19)16-17-21(23)18-24-22-14-8-6-9-15-22;9-5-14-3-6(4-17-8(12)13)15-1-2-16-7(10)11/h5-9,14-17,19-21H,2-4,10-13,18H2,1H3;5-6H,1-4H2/b7-5-,17-16+;. The molecule has 13 heteroatoms. The Morgan fingerprint density at radius 1 is 1.02 bits per heavy atom. The average molecular weight is 585 g/mol. The molecule has 0 heterocycles. The molecule has 1 fully saturated rings. The number of halogens is 1. The van der Waals surface area contributed by atoms with Gasteiger partial charge in [-0.1, -0.05) is 68.7 Å². The molecule has 0 N–H and O–H groups in total. The Labute approximate surface area is 239 Å². The molecule has 1 aliphatic rings. The highest BCUT2D eigenvalue weighted by Gasteiger charge is 2.24. The Balaban J connectivity index is 0.000000438. The van der Waals surface area contributed by atoms with Crippen LogP contribution in [0.1, 0.15) is 51.9 Å². The summed E-state index contributed by atoms with van der Waals surface area (Å²) in [4.78, 5) is 37.5. The predicted octanol–water partition coefficient (Wildman–Crippen LogP) is 5.47. The van der Waals surface area contributed by atoms with Gasteiger partial charge in [-0.05, 0) is 49.7 Å². The predicted molar refractivity (Wildman–Crippen MR) is 148 cm³/mol. The van der Waals surface area contributed by atoms with Crippen molar-refractivity contribution in [2.45, 2.75) is 64.1 Å². The molecular formula is C28H41FN2O10. The molecule has 1 saturated carbocycles. The highest BCUT2D eigenvalue weighted by molar-refractivity contribution is 5.36. The van der Waals surface area contributed by atoms with Gasteiger partial charge < -0.3 is 23.9 Å². The highest BCUT2D eigenvalue weighted by atomic mass is 19.1. The fraction of sp³-hybridized carbons (Fsp3) is 0.607. The summed E-state index contributed by atoms with van der Waals surface area (Å²) in [5.74, 6) is 1.93. The topological polar surface area (TPSA) is 150 Å². The first kappa shape index (κ1) is 35.3. The van der Waals surface area contributed by atoms with Gasteiger partial charge in [-0.15, -0.1) is 20.2 Å². The van der Waals surface area contributed by atoms with E-state index in [2.05, 4.69) is 39.6 Å². The number of alkyl halides is 1. The number of unbranched alkanes of at least 4 members (excludes halogenated alkanes) is 2. The molecule has 1 aromatic carbocycles. The molecule has 1 aromatic rings. The first-order valence-corrected chi connectivity index (χ1v) is 13.7. The van der Waals surface area contributed by atoms with Gasteiger partial charge in [-0.2, -0.15) is 0 Å². The van der Waals surface area contributed by atoms with Gasteiger partial charge in [0.05, 0.1) is 6.61 Å². The molecule has 2 rings (SSSR count). The zero-order valence-corrected chi connectivity index (χ0v) is 23.4. The van der Waals surface area contributed by atoms with Crippen molar-refractivity contribution in [1.82, 2.24) is 0 Å². The smallest absolute Gasteiger partial charge is 0.294 e. The van der Waals surface area contributed by atoms with Crippen LogP contribution in [0.15, 0.2) is 54.6 Å². The van der Waals surface area contributed by atoms with E-state index in [4.69, 9.17) is 9.47 Å². The van der Waals surface area contributed by atoms with Gasteiger partial charge in [0.1, 0.15) is 38.3 Å². The molecule has 0 spiro atoms. The van der Waals surface area contributed by atoms with Crippen molar-refractivity contribution in [1.29, 1.82) is 0 Å². The number of para-hydroxylation sites is 1. The summed E-state index contributed by atoms with van der Waals surface area (Å²) in [6.45, 7) is 1.18. The van der Waals surface area contributed by atoms with Crippen LogP contribution >= 0.6 is 0 Å². The summed E-state index contributed by atoms with van der Waals surface area (Å²) in [6, 6.07) is 9.43. The van der Waals surface area contributed by atoms with E-state index in [1.54, 1.807) is 6.08 Å². The van der Waals surface area contributed by atoms with Crippen LogP contribution in [0.4, 0.5) is 4.39 Å². The summed E-state index contributed by atoms with van der Waals surface area (Å²) in [5.41, 5.74) is 0. The summed E-state index contributed by atoms with van der Waals surface area (Å²) in [7, 11) is 0. The zero-order chi connectivity index (χ0) is 30.1. The maximum absolute atomic E-state index is 14.0. The van der Waals surface area contributed by atoms with E-state index in [0.29, 0.717) is 11.8 Å². The second-order valence-electron chi connectivity index (χ2n) is 9.23. The Kier molecular flexibility index (Phi) is 19.8. The minimum Gasteiger partial charge on any atom is -0.490 e. The van der Waals surface area contributed by atoms with Gasteiger partial charge >= 0.3 is 0 Å². The third kappa shape index (κ3) is 19.1. The summed E-state index contributed by atoms with van der Waals surface area (Å²) >= 11 is 0. The van der Waals surface area contributed by atoms with Crippen molar-refractivity contribution in [2.24, 2.45) is 11.8 Å². The van der Waals surface area contributed by atoms with Crippen molar-refractivity contribution in [3.8, 4) is 5.75 Å². The van der Waals surface area contributed by atoms with Crippen molar-refractivity contribution < 1.29 is 43.2 Å². The highest BCUT2D eigenvalue weighted by Crippen LogP contribution is 2.35. The number of ether oxygens (including phenoxy) is 3. The molecule has 0 bridgehead atoms. The first-order chi connectivity index (χ1) is 19.8. The van der Waals surface area contributed by atoms with Gasteiger partial charge in [-0.25, -0.2) is 4.39 Å². The number of carbonyl (C=O) groups is 1. The van der Waals surface area contributed by atoms with E-state index in [-0.39, 0.29) is 32.9 Å². The van der Waals surface area contributed by atoms with Gasteiger partial charge in [0.2, 0.25) is 0 Å². The fourth-order valence-electron chi connectivity index (χ4n) is 4.10. The van der Waals surface area contributed by atoms with E-state index in [1.165, 1.54) is 38.5 Å². The molecule has 41 heavy (non-hydrogen) atoms. The van der Waals surface area contributed by atoms with Crippen molar-refractivity contribution in [2.75, 3.05) is 33.0 Å². The number of rotatable bonds is 21. The number of carbonyl (C=O) groups excluding carboxylic acids is 1. The third-order valence-corrected chi connectivity index (χ3v) is 6.12. The van der Waals surface area contributed by atoms with Gasteiger partial charge in [0.25, 0.3) is 16.6 Å². The lowest BCUT2D eigenvalue weighted by Crippen LogP contribution is -2.28.